The quantitative estimate of drug-likeness (QED) is 0.781. The number of pyridine rings is 1. The zero-order valence-electron chi connectivity index (χ0n) is 12.0. The van der Waals surface area contributed by atoms with Gasteiger partial charge in [-0.3, -0.25) is 9.67 Å². The Labute approximate surface area is 123 Å². The molecular formula is C16H18N4O. The fraction of sp³-hybridized carbons (Fsp3) is 0.312. The van der Waals surface area contributed by atoms with Gasteiger partial charge in [0.15, 0.2) is 0 Å². The molecule has 0 saturated carbocycles. The number of aryl methyl sites for hydroxylation is 1. The van der Waals surface area contributed by atoms with Crippen LogP contribution in [0.15, 0.2) is 42.9 Å². The predicted molar refractivity (Wildman–Crippen MR) is 80.7 cm³/mol. The maximum Gasteiger partial charge on any atom is 0.138 e. The van der Waals surface area contributed by atoms with Crippen LogP contribution in [0.25, 0.3) is 10.9 Å². The van der Waals surface area contributed by atoms with Crippen LogP contribution in [-0.2, 0) is 13.0 Å². The summed E-state index contributed by atoms with van der Waals surface area (Å²) in [6, 6.07) is 9.73. The van der Waals surface area contributed by atoms with Gasteiger partial charge in [0.05, 0.1) is 11.6 Å². The lowest BCUT2D eigenvalue weighted by Gasteiger charge is -2.12. The van der Waals surface area contributed by atoms with E-state index in [1.54, 1.807) is 12.5 Å². The van der Waals surface area contributed by atoms with E-state index in [0.717, 1.165) is 35.3 Å². The number of aromatic nitrogens is 4. The highest BCUT2D eigenvalue weighted by Crippen LogP contribution is 2.21. The van der Waals surface area contributed by atoms with Crippen molar-refractivity contribution in [2.45, 2.75) is 32.4 Å². The molecule has 1 aromatic carbocycles. The molecule has 0 fully saturated rings. The van der Waals surface area contributed by atoms with Gasteiger partial charge in [-0.15, -0.1) is 0 Å². The van der Waals surface area contributed by atoms with Gasteiger partial charge in [0, 0.05) is 24.5 Å². The van der Waals surface area contributed by atoms with Gasteiger partial charge >= 0.3 is 0 Å². The van der Waals surface area contributed by atoms with Gasteiger partial charge < -0.3 is 5.11 Å². The largest absolute Gasteiger partial charge is 0.388 e. The molecule has 0 aliphatic carbocycles. The van der Waals surface area contributed by atoms with Crippen LogP contribution in [-0.4, -0.2) is 24.9 Å². The first-order valence-corrected chi connectivity index (χ1v) is 7.17. The number of nitrogens with zero attached hydrogens (tertiary/aromatic N) is 4. The Balaban J connectivity index is 1.83. The van der Waals surface area contributed by atoms with Crippen molar-refractivity contribution in [2.75, 3.05) is 0 Å². The predicted octanol–water partition coefficient (Wildman–Crippen LogP) is 2.51. The van der Waals surface area contributed by atoms with Gasteiger partial charge in [-0.2, -0.15) is 5.10 Å². The van der Waals surface area contributed by atoms with Gasteiger partial charge in [-0.1, -0.05) is 19.1 Å². The van der Waals surface area contributed by atoms with Crippen molar-refractivity contribution in [2.24, 2.45) is 0 Å². The second-order valence-electron chi connectivity index (χ2n) is 5.07. The molecule has 0 aliphatic rings. The summed E-state index contributed by atoms with van der Waals surface area (Å²) in [5.41, 5.74) is 1.81. The second kappa shape index (κ2) is 6.01. The molecule has 2 heterocycles. The number of rotatable bonds is 5. The Hall–Kier alpha value is -2.27. The third-order valence-electron chi connectivity index (χ3n) is 3.52. The normalized spacial score (nSPS) is 12.7. The van der Waals surface area contributed by atoms with E-state index < -0.39 is 6.10 Å². The van der Waals surface area contributed by atoms with Gasteiger partial charge in [0.2, 0.25) is 0 Å². The van der Waals surface area contributed by atoms with Crippen LogP contribution in [0.5, 0.6) is 0 Å². The van der Waals surface area contributed by atoms with Crippen LogP contribution in [0.4, 0.5) is 0 Å². The Kier molecular flexibility index (Phi) is 3.92. The molecule has 2 aromatic heterocycles. The second-order valence-corrected chi connectivity index (χ2v) is 5.07. The van der Waals surface area contributed by atoms with Crippen LogP contribution in [0.1, 0.15) is 30.8 Å². The SMILES string of the molecule is CCCn1ncnc1CC(O)c1ccc2ncccc2c1. The van der Waals surface area contributed by atoms with Crippen LogP contribution in [0, 0.1) is 0 Å². The smallest absolute Gasteiger partial charge is 0.138 e. The molecule has 108 valence electrons. The highest BCUT2D eigenvalue weighted by Gasteiger charge is 2.13. The van der Waals surface area contributed by atoms with Gasteiger partial charge in [-0.25, -0.2) is 4.98 Å². The summed E-state index contributed by atoms with van der Waals surface area (Å²) in [6.45, 7) is 2.92. The number of hydrogen-bond donors (Lipinski definition) is 1. The molecule has 1 N–H and O–H groups in total. The monoisotopic (exact) mass is 282 g/mol. The van der Waals surface area contributed by atoms with E-state index in [9.17, 15) is 5.11 Å². The number of hydrogen-bond acceptors (Lipinski definition) is 4. The Morgan fingerprint density at radius 3 is 3.00 bits per heavy atom. The highest BCUT2D eigenvalue weighted by molar-refractivity contribution is 5.79. The fourth-order valence-corrected chi connectivity index (χ4v) is 2.44. The molecule has 0 bridgehead atoms. The summed E-state index contributed by atoms with van der Waals surface area (Å²) in [7, 11) is 0. The first-order chi connectivity index (χ1) is 10.3. The molecule has 1 unspecified atom stereocenters. The molecule has 21 heavy (non-hydrogen) atoms. The molecule has 0 spiro atoms. The summed E-state index contributed by atoms with van der Waals surface area (Å²) in [4.78, 5) is 8.53. The lowest BCUT2D eigenvalue weighted by Crippen LogP contribution is -2.10. The van der Waals surface area contributed by atoms with E-state index in [4.69, 9.17) is 0 Å². The van der Waals surface area contributed by atoms with E-state index in [1.807, 2.05) is 35.0 Å². The van der Waals surface area contributed by atoms with Gasteiger partial charge in [0.1, 0.15) is 12.2 Å². The molecule has 5 heteroatoms. The van der Waals surface area contributed by atoms with Crippen LogP contribution in [0.3, 0.4) is 0 Å². The van der Waals surface area contributed by atoms with Gasteiger partial charge in [0.25, 0.3) is 0 Å². The van der Waals surface area contributed by atoms with Gasteiger partial charge in [-0.05, 0) is 30.2 Å². The topological polar surface area (TPSA) is 63.8 Å². The first-order valence-electron chi connectivity index (χ1n) is 7.17. The van der Waals surface area contributed by atoms with Crippen molar-refractivity contribution >= 4 is 10.9 Å². The minimum absolute atomic E-state index is 0.464. The minimum atomic E-state index is -0.589. The number of fused-ring (bicyclic) bond motifs is 1. The summed E-state index contributed by atoms with van der Waals surface area (Å²) in [6.07, 6.45) is 4.18. The molecule has 0 saturated heterocycles. The molecule has 1 atom stereocenters. The standard InChI is InChI=1S/C16H18N4O/c1-2-8-20-16(18-11-19-20)10-15(21)13-5-6-14-12(9-13)4-3-7-17-14/h3-7,9,11,15,21H,2,8,10H2,1H3. The van der Waals surface area contributed by atoms with E-state index in [-0.39, 0.29) is 0 Å². The van der Waals surface area contributed by atoms with Crippen LogP contribution >= 0.6 is 0 Å². The molecule has 3 aromatic rings. The summed E-state index contributed by atoms with van der Waals surface area (Å²) < 4.78 is 1.85. The summed E-state index contributed by atoms with van der Waals surface area (Å²) in [5.74, 6) is 0.815. The molecule has 0 radical (unpaired) electrons. The van der Waals surface area contributed by atoms with Crippen LogP contribution < -0.4 is 0 Å². The molecule has 0 aliphatic heterocycles. The molecule has 0 amide bonds. The number of benzene rings is 1. The lowest BCUT2D eigenvalue weighted by atomic mass is 10.0. The molecule has 3 rings (SSSR count). The molecule has 5 nitrogen and oxygen atoms in total. The third-order valence-corrected chi connectivity index (χ3v) is 3.52. The van der Waals surface area contributed by atoms with Crippen molar-refractivity contribution in [3.63, 3.8) is 0 Å². The van der Waals surface area contributed by atoms with Crippen LogP contribution in [0.2, 0.25) is 0 Å². The summed E-state index contributed by atoms with van der Waals surface area (Å²) in [5, 5.41) is 15.7. The zero-order chi connectivity index (χ0) is 14.7. The maximum atomic E-state index is 10.4. The highest BCUT2D eigenvalue weighted by atomic mass is 16.3. The number of aliphatic hydroxyl groups excluding tert-OH is 1. The van der Waals surface area contributed by atoms with Crippen molar-refractivity contribution in [3.05, 3.63) is 54.2 Å². The Bertz CT molecular complexity index is 738. The Morgan fingerprint density at radius 2 is 2.14 bits per heavy atom. The minimum Gasteiger partial charge on any atom is -0.388 e. The van der Waals surface area contributed by atoms with Crippen molar-refractivity contribution in [3.8, 4) is 0 Å². The van der Waals surface area contributed by atoms with E-state index in [2.05, 4.69) is 22.0 Å². The average molecular weight is 282 g/mol. The Morgan fingerprint density at radius 1 is 1.24 bits per heavy atom. The van der Waals surface area contributed by atoms with Crippen molar-refractivity contribution in [1.82, 2.24) is 19.7 Å². The average Bonchev–Trinajstić information content (AvgIpc) is 2.94. The number of aliphatic hydroxyl groups is 1. The van der Waals surface area contributed by atoms with E-state index in [1.165, 1.54) is 0 Å². The third kappa shape index (κ3) is 2.92. The summed E-state index contributed by atoms with van der Waals surface area (Å²) >= 11 is 0. The maximum absolute atomic E-state index is 10.4. The zero-order valence-corrected chi connectivity index (χ0v) is 12.0. The first kappa shape index (κ1) is 13.7. The molecular weight excluding hydrogens is 264 g/mol. The van der Waals surface area contributed by atoms with E-state index >= 15 is 0 Å². The van der Waals surface area contributed by atoms with E-state index in [0.29, 0.717) is 6.42 Å². The van der Waals surface area contributed by atoms with Crippen molar-refractivity contribution in [1.29, 1.82) is 0 Å². The fourth-order valence-electron chi connectivity index (χ4n) is 2.44. The lowest BCUT2D eigenvalue weighted by molar-refractivity contribution is 0.174. The van der Waals surface area contributed by atoms with Crippen molar-refractivity contribution < 1.29 is 5.11 Å².